The van der Waals surface area contributed by atoms with Gasteiger partial charge in [0.15, 0.2) is 11.6 Å². The van der Waals surface area contributed by atoms with Gasteiger partial charge in [0, 0.05) is 24.4 Å². The first kappa shape index (κ1) is 15.3. The lowest BCUT2D eigenvalue weighted by molar-refractivity contribution is -0.384. The Hall–Kier alpha value is -2.14. The van der Waals surface area contributed by atoms with Gasteiger partial charge in [0.2, 0.25) is 0 Å². The highest BCUT2D eigenvalue weighted by Crippen LogP contribution is 2.20. The lowest BCUT2D eigenvalue weighted by Crippen LogP contribution is -2.03. The quantitative estimate of drug-likeness (QED) is 0.459. The molecule has 0 spiro atoms. The van der Waals surface area contributed by atoms with Crippen molar-refractivity contribution in [2.75, 3.05) is 6.61 Å². The lowest BCUT2D eigenvalue weighted by atomic mass is 10.1. The first-order chi connectivity index (χ1) is 10.1. The molecular weight excluding hydrogens is 297 g/mol. The molecule has 21 heavy (non-hydrogen) atoms. The summed E-state index contributed by atoms with van der Waals surface area (Å²) in [6.07, 6.45) is 0.536. The Kier molecular flexibility index (Phi) is 5.11. The van der Waals surface area contributed by atoms with Crippen LogP contribution >= 0.6 is 11.6 Å². The van der Waals surface area contributed by atoms with Crippen molar-refractivity contribution in [2.24, 2.45) is 0 Å². The van der Waals surface area contributed by atoms with E-state index in [0.717, 1.165) is 5.56 Å². The second-order valence-electron chi connectivity index (χ2n) is 4.42. The molecule has 0 aromatic heterocycles. The van der Waals surface area contributed by atoms with Crippen LogP contribution in [-0.2, 0) is 12.3 Å². The molecule has 0 heterocycles. The Morgan fingerprint density at radius 2 is 1.81 bits per heavy atom. The van der Waals surface area contributed by atoms with E-state index >= 15 is 0 Å². The predicted octanol–water partition coefficient (Wildman–Crippen LogP) is 4.09. The van der Waals surface area contributed by atoms with E-state index < -0.39 is 10.7 Å². The van der Waals surface area contributed by atoms with Crippen LogP contribution in [0, 0.1) is 15.9 Å². The molecule has 6 heteroatoms. The average molecular weight is 310 g/mol. The van der Waals surface area contributed by atoms with Gasteiger partial charge in [-0.05, 0) is 23.3 Å². The van der Waals surface area contributed by atoms with Crippen LogP contribution in [0.1, 0.15) is 11.1 Å². The van der Waals surface area contributed by atoms with Gasteiger partial charge in [-0.1, -0.05) is 18.2 Å². The van der Waals surface area contributed by atoms with Crippen LogP contribution in [0.3, 0.4) is 0 Å². The summed E-state index contributed by atoms with van der Waals surface area (Å²) in [4.78, 5) is 10.1. The number of benzene rings is 2. The van der Waals surface area contributed by atoms with Crippen molar-refractivity contribution in [3.05, 3.63) is 69.5 Å². The summed E-state index contributed by atoms with van der Waals surface area (Å²) in [5.41, 5.74) is 1.62. The van der Waals surface area contributed by atoms with Gasteiger partial charge in [-0.2, -0.15) is 0 Å². The monoisotopic (exact) mass is 309 g/mol. The van der Waals surface area contributed by atoms with E-state index in [1.54, 1.807) is 24.3 Å². The molecule has 0 amide bonds. The van der Waals surface area contributed by atoms with Crippen LogP contribution in [-0.4, -0.2) is 11.5 Å². The zero-order valence-corrected chi connectivity index (χ0v) is 11.8. The van der Waals surface area contributed by atoms with Crippen molar-refractivity contribution in [1.82, 2.24) is 0 Å². The highest BCUT2D eigenvalue weighted by Gasteiger charge is 2.06. The van der Waals surface area contributed by atoms with Crippen molar-refractivity contribution in [3.8, 4) is 5.75 Å². The fraction of sp³-hybridized carbons (Fsp3) is 0.200. The summed E-state index contributed by atoms with van der Waals surface area (Å²) in [6.45, 7) is 0.287. The fourth-order valence-corrected chi connectivity index (χ4v) is 1.97. The SMILES string of the molecule is O=[N+]([O-])c1ccc(CCOc2ccc(CCl)cc2F)cc1. The highest BCUT2D eigenvalue weighted by molar-refractivity contribution is 6.17. The molecule has 0 aliphatic carbocycles. The summed E-state index contributed by atoms with van der Waals surface area (Å²) in [7, 11) is 0. The van der Waals surface area contributed by atoms with Gasteiger partial charge < -0.3 is 4.74 Å². The smallest absolute Gasteiger partial charge is 0.269 e. The van der Waals surface area contributed by atoms with Gasteiger partial charge in [0.1, 0.15) is 0 Å². The zero-order valence-electron chi connectivity index (χ0n) is 11.1. The van der Waals surface area contributed by atoms with Crippen molar-refractivity contribution < 1.29 is 14.1 Å². The number of nitrogens with zero attached hydrogens (tertiary/aromatic N) is 1. The molecule has 2 rings (SSSR count). The van der Waals surface area contributed by atoms with Crippen molar-refractivity contribution >= 4 is 17.3 Å². The molecule has 110 valence electrons. The fourth-order valence-electron chi connectivity index (χ4n) is 1.81. The number of rotatable bonds is 6. The Morgan fingerprint density at radius 1 is 1.14 bits per heavy atom. The molecule has 4 nitrogen and oxygen atoms in total. The van der Waals surface area contributed by atoms with Crippen molar-refractivity contribution in [3.63, 3.8) is 0 Å². The predicted molar refractivity (Wildman–Crippen MR) is 78.3 cm³/mol. The minimum atomic E-state index is -0.450. The van der Waals surface area contributed by atoms with E-state index in [1.165, 1.54) is 18.2 Å². The summed E-state index contributed by atoms with van der Waals surface area (Å²) in [5.74, 6) is -0.0253. The summed E-state index contributed by atoms with van der Waals surface area (Å²) in [6, 6.07) is 10.8. The molecule has 0 saturated carbocycles. The first-order valence-electron chi connectivity index (χ1n) is 6.30. The maximum atomic E-state index is 13.6. The second-order valence-corrected chi connectivity index (χ2v) is 4.69. The third-order valence-corrected chi connectivity index (χ3v) is 3.25. The molecule has 0 saturated heterocycles. The van der Waals surface area contributed by atoms with Crippen LogP contribution < -0.4 is 4.74 Å². The second kappa shape index (κ2) is 7.04. The molecule has 0 atom stereocenters. The molecule has 2 aromatic carbocycles. The number of halogens is 2. The molecule has 2 aromatic rings. The maximum absolute atomic E-state index is 13.6. The molecule has 0 aliphatic rings. The average Bonchev–Trinajstić information content (AvgIpc) is 2.49. The van der Waals surface area contributed by atoms with Gasteiger partial charge in [-0.3, -0.25) is 10.1 Å². The first-order valence-corrected chi connectivity index (χ1v) is 6.84. The van der Waals surface area contributed by atoms with Crippen LogP contribution in [0.5, 0.6) is 5.75 Å². The Balaban J connectivity index is 1.90. The standard InChI is InChI=1S/C15H13ClFNO3/c16-10-12-3-6-15(14(17)9-12)21-8-7-11-1-4-13(5-2-11)18(19)20/h1-6,9H,7-8,10H2. The molecule has 0 aliphatic heterocycles. The van der Waals surface area contributed by atoms with E-state index in [4.69, 9.17) is 16.3 Å². The minimum absolute atomic E-state index is 0.0439. The number of non-ortho nitro benzene ring substituents is 1. The lowest BCUT2D eigenvalue weighted by Gasteiger charge is -2.08. The van der Waals surface area contributed by atoms with Crippen LogP contribution in [0.15, 0.2) is 42.5 Å². The molecule has 0 fully saturated rings. The van der Waals surface area contributed by atoms with E-state index in [1.807, 2.05) is 0 Å². The van der Waals surface area contributed by atoms with E-state index in [2.05, 4.69) is 0 Å². The van der Waals surface area contributed by atoms with Crippen LogP contribution in [0.4, 0.5) is 10.1 Å². The molecule has 0 N–H and O–H groups in total. The normalized spacial score (nSPS) is 10.4. The number of hydrogen-bond donors (Lipinski definition) is 0. The van der Waals surface area contributed by atoms with Crippen LogP contribution in [0.25, 0.3) is 0 Å². The molecular formula is C15H13ClFNO3. The van der Waals surface area contributed by atoms with Gasteiger partial charge in [0.05, 0.1) is 11.5 Å². The van der Waals surface area contributed by atoms with Crippen LogP contribution in [0.2, 0.25) is 0 Å². The summed E-state index contributed by atoms with van der Waals surface area (Å²) < 4.78 is 19.0. The molecule has 0 radical (unpaired) electrons. The molecule has 0 unspecified atom stereocenters. The Bertz CT molecular complexity index is 631. The van der Waals surface area contributed by atoms with Gasteiger partial charge >= 0.3 is 0 Å². The van der Waals surface area contributed by atoms with Gasteiger partial charge in [0.25, 0.3) is 5.69 Å². The van der Waals surface area contributed by atoms with E-state index in [0.29, 0.717) is 12.0 Å². The summed E-state index contributed by atoms with van der Waals surface area (Å²) in [5, 5.41) is 10.5. The maximum Gasteiger partial charge on any atom is 0.269 e. The zero-order chi connectivity index (χ0) is 15.2. The van der Waals surface area contributed by atoms with E-state index in [9.17, 15) is 14.5 Å². The van der Waals surface area contributed by atoms with E-state index in [-0.39, 0.29) is 23.9 Å². The highest BCUT2D eigenvalue weighted by atomic mass is 35.5. The third-order valence-electron chi connectivity index (χ3n) is 2.95. The topological polar surface area (TPSA) is 52.4 Å². The Morgan fingerprint density at radius 3 is 2.38 bits per heavy atom. The number of hydrogen-bond acceptors (Lipinski definition) is 3. The third kappa shape index (κ3) is 4.16. The van der Waals surface area contributed by atoms with Crippen molar-refractivity contribution in [2.45, 2.75) is 12.3 Å². The molecule has 0 bridgehead atoms. The largest absolute Gasteiger partial charge is 0.490 e. The number of nitro groups is 1. The number of alkyl halides is 1. The number of ether oxygens (including phenoxy) is 1. The van der Waals surface area contributed by atoms with Crippen molar-refractivity contribution in [1.29, 1.82) is 0 Å². The Labute approximate surface area is 126 Å². The van der Waals surface area contributed by atoms with Gasteiger partial charge in [-0.15, -0.1) is 11.6 Å². The summed E-state index contributed by atoms with van der Waals surface area (Å²) >= 11 is 5.62. The number of nitro benzene ring substituents is 1. The van der Waals surface area contributed by atoms with Gasteiger partial charge in [-0.25, -0.2) is 4.39 Å². The minimum Gasteiger partial charge on any atom is -0.490 e.